The van der Waals surface area contributed by atoms with Gasteiger partial charge in [0.25, 0.3) is 5.91 Å². The average molecular weight is 285 g/mol. The van der Waals surface area contributed by atoms with Crippen LogP contribution >= 0.6 is 0 Å². The summed E-state index contributed by atoms with van der Waals surface area (Å²) in [5, 5.41) is 13.0. The maximum absolute atomic E-state index is 12.2. The lowest BCUT2D eigenvalue weighted by Gasteiger charge is -2.24. The highest BCUT2D eigenvalue weighted by atomic mass is 16.2. The molecule has 2 aromatic rings. The molecule has 2 heterocycles. The van der Waals surface area contributed by atoms with Crippen molar-refractivity contribution in [2.45, 2.75) is 18.9 Å². The highest BCUT2D eigenvalue weighted by Gasteiger charge is 2.21. The van der Waals surface area contributed by atoms with E-state index in [2.05, 4.69) is 25.6 Å². The van der Waals surface area contributed by atoms with E-state index >= 15 is 0 Å². The fourth-order valence-corrected chi connectivity index (χ4v) is 2.69. The number of rotatable bonds is 5. The predicted octanol–water partition coefficient (Wildman–Crippen LogP) is 1.37. The lowest BCUT2D eigenvalue weighted by molar-refractivity contribution is 0.0922. The van der Waals surface area contributed by atoms with Gasteiger partial charge in [0, 0.05) is 6.54 Å². The number of H-pyrrole nitrogens is 1. The van der Waals surface area contributed by atoms with E-state index in [4.69, 9.17) is 0 Å². The molecule has 1 aliphatic rings. The van der Waals surface area contributed by atoms with Crippen molar-refractivity contribution in [3.63, 3.8) is 0 Å². The molecule has 0 spiro atoms. The van der Waals surface area contributed by atoms with E-state index in [0.717, 1.165) is 25.2 Å². The summed E-state index contributed by atoms with van der Waals surface area (Å²) in [5.41, 5.74) is 1.43. The summed E-state index contributed by atoms with van der Waals surface area (Å²) in [6.45, 7) is 3.03. The number of nitrogens with zero attached hydrogens (tertiary/aromatic N) is 3. The van der Waals surface area contributed by atoms with Crippen LogP contribution in [0.3, 0.4) is 0 Å². The Hall–Kier alpha value is -2.21. The fourth-order valence-electron chi connectivity index (χ4n) is 2.69. The topological polar surface area (TPSA) is 73.9 Å². The van der Waals surface area contributed by atoms with Gasteiger partial charge >= 0.3 is 0 Å². The van der Waals surface area contributed by atoms with Crippen LogP contribution in [0.2, 0.25) is 0 Å². The van der Waals surface area contributed by atoms with E-state index < -0.39 is 0 Å². The SMILES string of the molecule is O=C(N[C@@H](CN1CCCC1)c1ccccc1)c1cn[nH]n1. The molecule has 1 amide bonds. The lowest BCUT2D eigenvalue weighted by Crippen LogP contribution is -2.37. The Morgan fingerprint density at radius 2 is 2.05 bits per heavy atom. The van der Waals surface area contributed by atoms with Crippen molar-refractivity contribution in [3.8, 4) is 0 Å². The fraction of sp³-hybridized carbons (Fsp3) is 0.400. The second kappa shape index (κ2) is 6.49. The molecule has 0 aliphatic carbocycles. The van der Waals surface area contributed by atoms with Gasteiger partial charge in [-0.3, -0.25) is 4.79 Å². The van der Waals surface area contributed by atoms with E-state index in [1.165, 1.54) is 19.0 Å². The molecular formula is C15H19N5O. The van der Waals surface area contributed by atoms with Crippen molar-refractivity contribution in [1.29, 1.82) is 0 Å². The number of aromatic amines is 1. The second-order valence-corrected chi connectivity index (χ2v) is 5.30. The minimum atomic E-state index is -0.197. The highest BCUT2D eigenvalue weighted by Crippen LogP contribution is 2.18. The third-order valence-corrected chi connectivity index (χ3v) is 3.79. The Balaban J connectivity index is 1.73. The van der Waals surface area contributed by atoms with Crippen molar-refractivity contribution in [2.75, 3.05) is 19.6 Å². The van der Waals surface area contributed by atoms with Gasteiger partial charge in [0.05, 0.1) is 12.2 Å². The molecule has 1 aromatic carbocycles. The van der Waals surface area contributed by atoms with Crippen molar-refractivity contribution in [3.05, 3.63) is 47.8 Å². The van der Waals surface area contributed by atoms with Crippen LogP contribution < -0.4 is 5.32 Å². The molecule has 6 heteroatoms. The van der Waals surface area contributed by atoms with Crippen molar-refractivity contribution >= 4 is 5.91 Å². The van der Waals surface area contributed by atoms with Gasteiger partial charge in [0.15, 0.2) is 5.69 Å². The van der Waals surface area contributed by atoms with Gasteiger partial charge in [0.2, 0.25) is 0 Å². The Morgan fingerprint density at radius 3 is 2.71 bits per heavy atom. The van der Waals surface area contributed by atoms with Crippen molar-refractivity contribution in [1.82, 2.24) is 25.6 Å². The zero-order chi connectivity index (χ0) is 14.5. The summed E-state index contributed by atoms with van der Waals surface area (Å²) in [4.78, 5) is 14.6. The molecule has 1 atom stereocenters. The Morgan fingerprint density at radius 1 is 1.29 bits per heavy atom. The van der Waals surface area contributed by atoms with Gasteiger partial charge in [-0.1, -0.05) is 30.3 Å². The van der Waals surface area contributed by atoms with E-state index in [9.17, 15) is 4.79 Å². The summed E-state index contributed by atoms with van der Waals surface area (Å²) >= 11 is 0. The van der Waals surface area contributed by atoms with Crippen LogP contribution in [0.5, 0.6) is 0 Å². The number of aromatic nitrogens is 3. The maximum Gasteiger partial charge on any atom is 0.273 e. The number of carbonyl (C=O) groups excluding carboxylic acids is 1. The Kier molecular flexibility index (Phi) is 4.25. The number of carbonyl (C=O) groups is 1. The zero-order valence-electron chi connectivity index (χ0n) is 11.8. The van der Waals surface area contributed by atoms with Crippen LogP contribution in [0, 0.1) is 0 Å². The molecule has 21 heavy (non-hydrogen) atoms. The molecule has 0 unspecified atom stereocenters. The summed E-state index contributed by atoms with van der Waals surface area (Å²) in [7, 11) is 0. The first-order chi connectivity index (χ1) is 10.3. The molecule has 0 saturated carbocycles. The molecule has 110 valence electrons. The Labute approximate surface area is 123 Å². The third-order valence-electron chi connectivity index (χ3n) is 3.79. The largest absolute Gasteiger partial charge is 0.342 e. The summed E-state index contributed by atoms with van der Waals surface area (Å²) in [6.07, 6.45) is 3.91. The van der Waals surface area contributed by atoms with E-state index in [1.54, 1.807) is 0 Å². The van der Waals surface area contributed by atoms with E-state index in [1.807, 2.05) is 30.3 Å². The van der Waals surface area contributed by atoms with Crippen LogP contribution in [0.25, 0.3) is 0 Å². The van der Waals surface area contributed by atoms with Crippen molar-refractivity contribution in [2.24, 2.45) is 0 Å². The standard InChI is InChI=1S/C15H19N5O/c21-15(13-10-16-19-18-13)17-14(11-20-8-4-5-9-20)12-6-2-1-3-7-12/h1-3,6-7,10,14H,4-5,8-9,11H2,(H,17,21)(H,16,18,19)/t14-/m0/s1. The minimum Gasteiger partial charge on any atom is -0.342 e. The van der Waals surface area contributed by atoms with Crippen LogP contribution in [-0.2, 0) is 0 Å². The Bertz CT molecular complexity index is 563. The van der Waals surface area contributed by atoms with Gasteiger partial charge in [-0.05, 0) is 31.5 Å². The molecule has 6 nitrogen and oxygen atoms in total. The predicted molar refractivity (Wildman–Crippen MR) is 78.7 cm³/mol. The molecule has 1 saturated heterocycles. The van der Waals surface area contributed by atoms with Gasteiger partial charge in [-0.25, -0.2) is 0 Å². The average Bonchev–Trinajstić information content (AvgIpc) is 3.21. The second-order valence-electron chi connectivity index (χ2n) is 5.30. The summed E-state index contributed by atoms with van der Waals surface area (Å²) in [6, 6.07) is 10.0. The zero-order valence-corrected chi connectivity index (χ0v) is 11.8. The number of benzene rings is 1. The van der Waals surface area contributed by atoms with Crippen LogP contribution in [-0.4, -0.2) is 45.9 Å². The number of likely N-dealkylation sites (tertiary alicyclic amines) is 1. The first kappa shape index (κ1) is 13.8. The first-order valence-electron chi connectivity index (χ1n) is 7.27. The van der Waals surface area contributed by atoms with E-state index in [-0.39, 0.29) is 11.9 Å². The quantitative estimate of drug-likeness (QED) is 0.870. The van der Waals surface area contributed by atoms with Gasteiger partial charge < -0.3 is 10.2 Å². The van der Waals surface area contributed by atoms with Gasteiger partial charge in [-0.15, -0.1) is 0 Å². The lowest BCUT2D eigenvalue weighted by atomic mass is 10.1. The van der Waals surface area contributed by atoms with E-state index in [0.29, 0.717) is 5.69 Å². The number of hydrogen-bond acceptors (Lipinski definition) is 4. The van der Waals surface area contributed by atoms with Crippen LogP contribution in [0.15, 0.2) is 36.5 Å². The molecule has 0 radical (unpaired) electrons. The minimum absolute atomic E-state index is 0.0338. The summed E-state index contributed by atoms with van der Waals surface area (Å²) < 4.78 is 0. The molecule has 1 aliphatic heterocycles. The van der Waals surface area contributed by atoms with Gasteiger partial charge in [0.1, 0.15) is 0 Å². The number of amides is 1. The van der Waals surface area contributed by atoms with Crippen molar-refractivity contribution < 1.29 is 4.79 Å². The number of nitrogens with one attached hydrogen (secondary N) is 2. The molecule has 0 bridgehead atoms. The summed E-state index contributed by atoms with van der Waals surface area (Å²) in [5.74, 6) is -0.197. The molecule has 3 rings (SSSR count). The monoisotopic (exact) mass is 285 g/mol. The van der Waals surface area contributed by atoms with Crippen LogP contribution in [0.1, 0.15) is 34.9 Å². The molecule has 2 N–H and O–H groups in total. The smallest absolute Gasteiger partial charge is 0.273 e. The van der Waals surface area contributed by atoms with Gasteiger partial charge in [-0.2, -0.15) is 15.4 Å². The normalized spacial score (nSPS) is 16.8. The molecule has 1 fully saturated rings. The molecular weight excluding hydrogens is 266 g/mol. The first-order valence-corrected chi connectivity index (χ1v) is 7.27. The number of hydrogen-bond donors (Lipinski definition) is 2. The highest BCUT2D eigenvalue weighted by molar-refractivity contribution is 5.92. The maximum atomic E-state index is 12.2. The third kappa shape index (κ3) is 3.46. The molecule has 1 aromatic heterocycles. The van der Waals surface area contributed by atoms with Crippen LogP contribution in [0.4, 0.5) is 0 Å².